The summed E-state index contributed by atoms with van der Waals surface area (Å²) in [5.41, 5.74) is 2.11. The van der Waals surface area contributed by atoms with Gasteiger partial charge in [0.05, 0.1) is 5.52 Å². The summed E-state index contributed by atoms with van der Waals surface area (Å²) >= 11 is 0. The molecule has 15 heavy (non-hydrogen) atoms. The zero-order chi connectivity index (χ0) is 10.5. The first-order valence-corrected chi connectivity index (χ1v) is 5.05. The number of fused-ring (bicyclic) bond motifs is 1. The molecule has 2 heteroatoms. The Balaban J connectivity index is 2.19. The average Bonchev–Trinajstić information content (AvgIpc) is 2.29. The number of nitrogens with zero attached hydrogens (tertiary/aromatic N) is 1. The van der Waals surface area contributed by atoms with Crippen LogP contribution in [0.5, 0.6) is 0 Å². The van der Waals surface area contributed by atoms with Crippen LogP contribution in [-0.4, -0.2) is 11.2 Å². The summed E-state index contributed by atoms with van der Waals surface area (Å²) in [6.07, 6.45) is 5.01. The van der Waals surface area contributed by atoms with Crippen LogP contribution in [0.2, 0.25) is 0 Å². The van der Waals surface area contributed by atoms with Gasteiger partial charge in [-0.15, -0.1) is 0 Å². The van der Waals surface area contributed by atoms with Crippen LogP contribution in [0.15, 0.2) is 36.4 Å². The molecule has 0 bridgehead atoms. The lowest BCUT2D eigenvalue weighted by Crippen LogP contribution is -1.91. The van der Waals surface area contributed by atoms with Crippen LogP contribution >= 0.6 is 0 Å². The van der Waals surface area contributed by atoms with Crippen LogP contribution in [0.25, 0.3) is 10.9 Å². The Labute approximate surface area is 89.5 Å². The van der Waals surface area contributed by atoms with Crippen molar-refractivity contribution in [3.05, 3.63) is 48.5 Å². The topological polar surface area (TPSA) is 36.7 Å². The second-order valence-electron chi connectivity index (χ2n) is 3.43. The zero-order valence-corrected chi connectivity index (χ0v) is 8.48. The minimum absolute atomic E-state index is 0.717. The summed E-state index contributed by atoms with van der Waals surface area (Å²) in [7, 11) is 0. The Morgan fingerprint density at radius 1 is 1.13 bits per heavy atom. The van der Waals surface area contributed by atoms with E-state index in [-0.39, 0.29) is 0 Å². The molecular formula is C13H13N2. The van der Waals surface area contributed by atoms with E-state index in [4.69, 9.17) is 5.41 Å². The highest BCUT2D eigenvalue weighted by Gasteiger charge is 1.97. The van der Waals surface area contributed by atoms with Crippen LogP contribution in [0.4, 0.5) is 0 Å². The van der Waals surface area contributed by atoms with E-state index in [0.717, 1.165) is 17.6 Å². The first kappa shape index (κ1) is 9.84. The van der Waals surface area contributed by atoms with Gasteiger partial charge < -0.3 is 5.41 Å². The Kier molecular flexibility index (Phi) is 3.08. The molecule has 2 nitrogen and oxygen atoms in total. The summed E-state index contributed by atoms with van der Waals surface area (Å²) in [5.74, 6) is 0. The number of unbranched alkanes of at least 4 members (excludes halogenated alkanes) is 1. The molecule has 1 radical (unpaired) electrons. The quantitative estimate of drug-likeness (QED) is 0.593. The molecule has 2 rings (SSSR count). The fourth-order valence-electron chi connectivity index (χ4n) is 1.54. The van der Waals surface area contributed by atoms with E-state index in [1.165, 1.54) is 11.6 Å². The molecule has 0 saturated heterocycles. The second kappa shape index (κ2) is 4.69. The molecule has 1 aromatic heterocycles. The molecular weight excluding hydrogens is 184 g/mol. The number of pyridine rings is 1. The van der Waals surface area contributed by atoms with Crippen LogP contribution in [0.3, 0.4) is 0 Å². The van der Waals surface area contributed by atoms with Gasteiger partial charge in [-0.3, -0.25) is 4.98 Å². The fraction of sp³-hybridized carbons (Fsp3) is 0.154. The Hall–Kier alpha value is -1.70. The smallest absolute Gasteiger partial charge is 0.0705 e. The summed E-state index contributed by atoms with van der Waals surface area (Å²) < 4.78 is 0. The van der Waals surface area contributed by atoms with Crippen molar-refractivity contribution in [2.75, 3.05) is 0 Å². The van der Waals surface area contributed by atoms with Gasteiger partial charge in [-0.25, -0.2) is 0 Å². The van der Waals surface area contributed by atoms with E-state index in [2.05, 4.69) is 23.5 Å². The van der Waals surface area contributed by atoms with Gasteiger partial charge in [0.2, 0.25) is 0 Å². The van der Waals surface area contributed by atoms with E-state index in [9.17, 15) is 0 Å². The normalized spacial score (nSPS) is 10.4. The van der Waals surface area contributed by atoms with Gasteiger partial charge in [0.1, 0.15) is 0 Å². The first-order chi connectivity index (χ1) is 7.40. The highest BCUT2D eigenvalue weighted by Crippen LogP contribution is 2.12. The van der Waals surface area contributed by atoms with Crippen LogP contribution < -0.4 is 0 Å². The Morgan fingerprint density at radius 3 is 2.87 bits per heavy atom. The SMILES string of the molecule is N=CC[CH]Cc1ccc2ccccc2n1. The summed E-state index contributed by atoms with van der Waals surface area (Å²) in [6, 6.07) is 12.2. The van der Waals surface area contributed by atoms with Crippen LogP contribution in [0, 0.1) is 11.8 Å². The molecule has 0 fully saturated rings. The number of rotatable bonds is 4. The van der Waals surface area contributed by atoms with Crippen molar-refractivity contribution in [1.82, 2.24) is 4.98 Å². The standard InChI is InChI=1S/C13H13N2/c14-10-4-3-6-12-9-8-11-5-1-2-7-13(11)15-12/h1-3,5,7-10,14H,4,6H2. The highest BCUT2D eigenvalue weighted by atomic mass is 14.7. The fourth-order valence-corrected chi connectivity index (χ4v) is 1.54. The molecule has 0 amide bonds. The van der Waals surface area contributed by atoms with E-state index in [1.807, 2.05) is 24.3 Å². The molecule has 1 aromatic carbocycles. The zero-order valence-electron chi connectivity index (χ0n) is 8.48. The molecule has 0 aliphatic rings. The second-order valence-corrected chi connectivity index (χ2v) is 3.43. The van der Waals surface area contributed by atoms with Crippen molar-refractivity contribution in [3.8, 4) is 0 Å². The molecule has 2 aromatic rings. The number of para-hydroxylation sites is 1. The molecule has 0 atom stereocenters. The van der Waals surface area contributed by atoms with Gasteiger partial charge in [0.15, 0.2) is 0 Å². The van der Waals surface area contributed by atoms with Gasteiger partial charge in [0.25, 0.3) is 0 Å². The molecule has 75 valence electrons. The molecule has 0 spiro atoms. The minimum atomic E-state index is 0.717. The maximum Gasteiger partial charge on any atom is 0.0705 e. The number of nitrogens with one attached hydrogen (secondary N) is 1. The van der Waals surface area contributed by atoms with Crippen molar-refractivity contribution in [2.45, 2.75) is 12.8 Å². The van der Waals surface area contributed by atoms with E-state index < -0.39 is 0 Å². The van der Waals surface area contributed by atoms with Gasteiger partial charge in [0, 0.05) is 11.1 Å². The predicted octanol–water partition coefficient (Wildman–Crippen LogP) is 3.02. The summed E-state index contributed by atoms with van der Waals surface area (Å²) in [6.45, 7) is 0. The average molecular weight is 197 g/mol. The van der Waals surface area contributed by atoms with Gasteiger partial charge in [-0.1, -0.05) is 24.3 Å². The molecule has 0 unspecified atom stereocenters. The molecule has 1 heterocycles. The highest BCUT2D eigenvalue weighted by molar-refractivity contribution is 5.78. The third kappa shape index (κ3) is 2.40. The first-order valence-electron chi connectivity index (χ1n) is 5.05. The van der Waals surface area contributed by atoms with Crippen LogP contribution in [0.1, 0.15) is 12.1 Å². The van der Waals surface area contributed by atoms with Gasteiger partial charge >= 0.3 is 0 Å². The third-order valence-electron chi connectivity index (χ3n) is 2.29. The lowest BCUT2D eigenvalue weighted by molar-refractivity contribution is 1.03. The van der Waals surface area contributed by atoms with E-state index >= 15 is 0 Å². The minimum Gasteiger partial charge on any atom is -0.313 e. The predicted molar refractivity (Wildman–Crippen MR) is 63.1 cm³/mol. The third-order valence-corrected chi connectivity index (χ3v) is 2.29. The molecule has 0 saturated carbocycles. The van der Waals surface area contributed by atoms with E-state index in [1.54, 1.807) is 0 Å². The molecule has 1 N–H and O–H groups in total. The lowest BCUT2D eigenvalue weighted by Gasteiger charge is -2.01. The number of aromatic nitrogens is 1. The van der Waals surface area contributed by atoms with Crippen molar-refractivity contribution in [1.29, 1.82) is 5.41 Å². The molecule has 0 aliphatic heterocycles. The van der Waals surface area contributed by atoms with Crippen molar-refractivity contribution in [3.63, 3.8) is 0 Å². The summed E-state index contributed by atoms with van der Waals surface area (Å²) in [5, 5.41) is 8.10. The van der Waals surface area contributed by atoms with Gasteiger partial charge in [-0.05, 0) is 37.6 Å². The lowest BCUT2D eigenvalue weighted by atomic mass is 10.1. The number of benzene rings is 1. The van der Waals surface area contributed by atoms with Crippen LogP contribution in [-0.2, 0) is 6.42 Å². The summed E-state index contributed by atoms with van der Waals surface area (Å²) in [4.78, 5) is 4.54. The van der Waals surface area contributed by atoms with Crippen molar-refractivity contribution in [2.24, 2.45) is 0 Å². The van der Waals surface area contributed by atoms with Crippen molar-refractivity contribution >= 4 is 17.1 Å². The molecule has 0 aliphatic carbocycles. The van der Waals surface area contributed by atoms with Crippen molar-refractivity contribution < 1.29 is 0 Å². The Bertz CT molecular complexity index is 463. The largest absolute Gasteiger partial charge is 0.313 e. The monoisotopic (exact) mass is 197 g/mol. The maximum atomic E-state index is 6.92. The number of hydrogen-bond acceptors (Lipinski definition) is 2. The van der Waals surface area contributed by atoms with E-state index in [0.29, 0.717) is 6.42 Å². The number of hydrogen-bond donors (Lipinski definition) is 1. The Morgan fingerprint density at radius 2 is 2.00 bits per heavy atom. The maximum absolute atomic E-state index is 6.92. The van der Waals surface area contributed by atoms with Gasteiger partial charge in [-0.2, -0.15) is 0 Å².